The lowest BCUT2D eigenvalue weighted by Gasteiger charge is -2.29. The molecule has 1 unspecified atom stereocenters. The lowest BCUT2D eigenvalue weighted by molar-refractivity contribution is -0.123. The standard InChI is InChI=1S/C20H28N4O2/c1-5-15(4)16-6-10-24(11-7-16)19(26)22-17(12-14(2)3)18(25)23-20(13-21)8-9-20/h5-6,14,17H,1,4,7-12H2,2-3H3,(H,22,26)(H,23,25). The van der Waals surface area contributed by atoms with E-state index in [1.54, 1.807) is 11.0 Å². The minimum Gasteiger partial charge on any atom is -0.336 e. The summed E-state index contributed by atoms with van der Waals surface area (Å²) in [5.74, 6) is -0.0357. The van der Waals surface area contributed by atoms with Crippen molar-refractivity contribution in [2.45, 2.75) is 51.1 Å². The van der Waals surface area contributed by atoms with Crippen LogP contribution in [0.2, 0.25) is 0 Å². The molecule has 2 N–H and O–H groups in total. The molecule has 1 atom stereocenters. The fourth-order valence-electron chi connectivity index (χ4n) is 2.93. The Bertz CT molecular complexity index is 668. The Hall–Kier alpha value is -2.55. The predicted molar refractivity (Wildman–Crippen MR) is 101 cm³/mol. The van der Waals surface area contributed by atoms with Crippen molar-refractivity contribution in [1.82, 2.24) is 15.5 Å². The summed E-state index contributed by atoms with van der Waals surface area (Å²) in [6.07, 6.45) is 6.28. The van der Waals surface area contributed by atoms with Crippen molar-refractivity contribution in [3.63, 3.8) is 0 Å². The Morgan fingerprint density at radius 2 is 2.15 bits per heavy atom. The average molecular weight is 356 g/mol. The van der Waals surface area contributed by atoms with E-state index in [0.717, 1.165) is 17.6 Å². The fraction of sp³-hybridized carbons (Fsp3) is 0.550. The van der Waals surface area contributed by atoms with Crippen molar-refractivity contribution in [2.75, 3.05) is 13.1 Å². The first-order chi connectivity index (χ1) is 12.3. The van der Waals surface area contributed by atoms with Crippen LogP contribution in [0.3, 0.4) is 0 Å². The molecule has 0 aromatic heterocycles. The summed E-state index contributed by atoms with van der Waals surface area (Å²) in [5, 5.41) is 14.8. The molecule has 6 nitrogen and oxygen atoms in total. The van der Waals surface area contributed by atoms with Gasteiger partial charge in [-0.1, -0.05) is 39.2 Å². The Labute approximate surface area is 155 Å². The highest BCUT2D eigenvalue weighted by Crippen LogP contribution is 2.34. The van der Waals surface area contributed by atoms with Crippen molar-refractivity contribution in [2.24, 2.45) is 5.92 Å². The molecule has 1 saturated carbocycles. The number of allylic oxidation sites excluding steroid dienone is 2. The van der Waals surface area contributed by atoms with E-state index in [1.807, 2.05) is 19.9 Å². The zero-order chi connectivity index (χ0) is 19.3. The highest BCUT2D eigenvalue weighted by molar-refractivity contribution is 5.88. The Morgan fingerprint density at radius 3 is 2.62 bits per heavy atom. The minimum absolute atomic E-state index is 0.243. The van der Waals surface area contributed by atoms with E-state index in [4.69, 9.17) is 5.26 Å². The van der Waals surface area contributed by atoms with Crippen LogP contribution < -0.4 is 10.6 Å². The quantitative estimate of drug-likeness (QED) is 0.688. The number of carbonyl (C=O) groups is 2. The van der Waals surface area contributed by atoms with E-state index < -0.39 is 11.6 Å². The van der Waals surface area contributed by atoms with E-state index in [2.05, 4.69) is 29.9 Å². The second-order valence-corrected chi connectivity index (χ2v) is 7.47. The van der Waals surface area contributed by atoms with Crippen LogP contribution in [0.4, 0.5) is 4.79 Å². The maximum atomic E-state index is 12.6. The Kier molecular flexibility index (Phi) is 6.25. The lowest BCUT2D eigenvalue weighted by atomic mass is 10.0. The third-order valence-electron chi connectivity index (χ3n) is 4.80. The molecule has 1 fully saturated rings. The van der Waals surface area contributed by atoms with Crippen molar-refractivity contribution >= 4 is 11.9 Å². The topological polar surface area (TPSA) is 85.2 Å². The molecule has 2 aliphatic rings. The second-order valence-electron chi connectivity index (χ2n) is 7.47. The normalized spacial score (nSPS) is 19.0. The summed E-state index contributed by atoms with van der Waals surface area (Å²) in [6, 6.07) is 1.26. The van der Waals surface area contributed by atoms with Gasteiger partial charge in [0.2, 0.25) is 5.91 Å². The molecule has 1 aliphatic carbocycles. The van der Waals surface area contributed by atoms with Gasteiger partial charge in [-0.25, -0.2) is 4.79 Å². The van der Waals surface area contributed by atoms with Gasteiger partial charge in [-0.2, -0.15) is 5.26 Å². The van der Waals surface area contributed by atoms with E-state index >= 15 is 0 Å². The molecule has 0 aromatic carbocycles. The van der Waals surface area contributed by atoms with Crippen LogP contribution in [0.1, 0.15) is 39.5 Å². The first kappa shape index (κ1) is 19.8. The summed E-state index contributed by atoms with van der Waals surface area (Å²) >= 11 is 0. The third kappa shape index (κ3) is 4.98. The molecule has 140 valence electrons. The molecule has 6 heteroatoms. The molecule has 1 aliphatic heterocycles. The van der Waals surface area contributed by atoms with Gasteiger partial charge in [0.25, 0.3) is 0 Å². The van der Waals surface area contributed by atoms with Crippen molar-refractivity contribution in [3.05, 3.63) is 36.5 Å². The van der Waals surface area contributed by atoms with E-state index in [1.165, 1.54) is 0 Å². The third-order valence-corrected chi connectivity index (χ3v) is 4.80. The predicted octanol–water partition coefficient (Wildman–Crippen LogP) is 2.66. The van der Waals surface area contributed by atoms with Crippen LogP contribution in [0, 0.1) is 17.2 Å². The van der Waals surface area contributed by atoms with Crippen LogP contribution in [-0.2, 0) is 4.79 Å². The molecular formula is C20H28N4O2. The van der Waals surface area contributed by atoms with Crippen LogP contribution in [-0.4, -0.2) is 41.5 Å². The zero-order valence-corrected chi connectivity index (χ0v) is 15.7. The fourth-order valence-corrected chi connectivity index (χ4v) is 2.93. The monoisotopic (exact) mass is 356 g/mol. The van der Waals surface area contributed by atoms with Crippen molar-refractivity contribution in [1.29, 1.82) is 5.26 Å². The number of hydrogen-bond acceptors (Lipinski definition) is 3. The Morgan fingerprint density at radius 1 is 1.46 bits per heavy atom. The Balaban J connectivity index is 1.97. The number of nitrogens with zero attached hydrogens (tertiary/aromatic N) is 2. The summed E-state index contributed by atoms with van der Waals surface area (Å²) in [7, 11) is 0. The number of hydrogen-bond donors (Lipinski definition) is 2. The summed E-state index contributed by atoms with van der Waals surface area (Å²) in [6.45, 7) is 12.7. The number of urea groups is 1. The van der Waals surface area contributed by atoms with Gasteiger partial charge in [0.05, 0.1) is 6.07 Å². The highest BCUT2D eigenvalue weighted by atomic mass is 16.2. The number of nitriles is 1. The molecular weight excluding hydrogens is 328 g/mol. The van der Waals surface area contributed by atoms with Crippen molar-refractivity contribution < 1.29 is 9.59 Å². The van der Waals surface area contributed by atoms with Gasteiger partial charge in [-0.05, 0) is 42.7 Å². The molecule has 2 rings (SSSR count). The number of amides is 3. The zero-order valence-electron chi connectivity index (χ0n) is 15.7. The van der Waals surface area contributed by atoms with E-state index in [-0.39, 0.29) is 17.9 Å². The molecule has 1 heterocycles. The van der Waals surface area contributed by atoms with E-state index in [0.29, 0.717) is 32.4 Å². The molecule has 0 radical (unpaired) electrons. The largest absolute Gasteiger partial charge is 0.336 e. The number of rotatable bonds is 7. The first-order valence-electron chi connectivity index (χ1n) is 9.09. The molecule has 26 heavy (non-hydrogen) atoms. The van der Waals surface area contributed by atoms with Gasteiger partial charge < -0.3 is 15.5 Å². The van der Waals surface area contributed by atoms with Gasteiger partial charge >= 0.3 is 6.03 Å². The molecule has 0 aromatic rings. The van der Waals surface area contributed by atoms with Gasteiger partial charge in [-0.15, -0.1) is 0 Å². The van der Waals surface area contributed by atoms with Gasteiger partial charge in [-0.3, -0.25) is 4.79 Å². The van der Waals surface area contributed by atoms with Crippen LogP contribution in [0.25, 0.3) is 0 Å². The number of carbonyl (C=O) groups excluding carboxylic acids is 2. The lowest BCUT2D eigenvalue weighted by Crippen LogP contribution is -2.54. The average Bonchev–Trinajstić information content (AvgIpc) is 3.40. The molecule has 0 saturated heterocycles. The molecule has 3 amide bonds. The maximum Gasteiger partial charge on any atom is 0.318 e. The van der Waals surface area contributed by atoms with Crippen LogP contribution >= 0.6 is 0 Å². The molecule has 0 spiro atoms. The summed E-state index contributed by atoms with van der Waals surface area (Å²) < 4.78 is 0. The number of nitrogens with one attached hydrogen (secondary N) is 2. The van der Waals surface area contributed by atoms with Gasteiger partial charge in [0.15, 0.2) is 0 Å². The van der Waals surface area contributed by atoms with Crippen LogP contribution in [0.15, 0.2) is 36.5 Å². The van der Waals surface area contributed by atoms with Gasteiger partial charge in [0.1, 0.15) is 11.6 Å². The summed E-state index contributed by atoms with van der Waals surface area (Å²) in [5.41, 5.74) is 1.25. The summed E-state index contributed by atoms with van der Waals surface area (Å²) in [4.78, 5) is 26.8. The second kappa shape index (κ2) is 8.22. The van der Waals surface area contributed by atoms with Gasteiger partial charge in [0, 0.05) is 13.1 Å². The van der Waals surface area contributed by atoms with Crippen LogP contribution in [0.5, 0.6) is 0 Å². The maximum absolute atomic E-state index is 12.6. The highest BCUT2D eigenvalue weighted by Gasteiger charge is 2.45. The van der Waals surface area contributed by atoms with E-state index in [9.17, 15) is 9.59 Å². The first-order valence-corrected chi connectivity index (χ1v) is 9.09. The smallest absolute Gasteiger partial charge is 0.318 e. The van der Waals surface area contributed by atoms with Crippen molar-refractivity contribution in [3.8, 4) is 6.07 Å². The molecule has 0 bridgehead atoms. The SMILES string of the molecule is C=CC(=C)C1=CCN(C(=O)NC(CC(C)C)C(=O)NC2(C#N)CC2)CC1. The minimum atomic E-state index is -0.731.